The predicted octanol–water partition coefficient (Wildman–Crippen LogP) is 3.49. The Balaban J connectivity index is 1.51. The number of hydrogen-bond donors (Lipinski definition) is 3. The third-order valence-electron chi connectivity index (χ3n) is 4.22. The highest BCUT2D eigenvalue weighted by molar-refractivity contribution is 5.80. The molecule has 0 radical (unpaired) electrons. The quantitative estimate of drug-likeness (QED) is 0.347. The minimum Gasteiger partial charge on any atom is -0.508 e. The SMILES string of the molecule is CCNC(=NCc1cccc(O)c1)NCCCn1ccc2ccccc21. The number of phenolic OH excluding ortho intramolecular Hbond substituents is 1. The van der Waals surface area contributed by atoms with E-state index >= 15 is 0 Å². The molecule has 0 saturated heterocycles. The lowest BCUT2D eigenvalue weighted by Gasteiger charge is -2.12. The summed E-state index contributed by atoms with van der Waals surface area (Å²) in [5.74, 6) is 1.07. The third kappa shape index (κ3) is 4.79. The summed E-state index contributed by atoms with van der Waals surface area (Å²) in [6.07, 6.45) is 3.15. The van der Waals surface area contributed by atoms with Crippen molar-refractivity contribution in [2.45, 2.75) is 26.4 Å². The molecule has 0 unspecified atom stereocenters. The van der Waals surface area contributed by atoms with E-state index in [2.05, 4.69) is 63.6 Å². The first-order valence-electron chi connectivity index (χ1n) is 9.10. The van der Waals surface area contributed by atoms with Crippen LogP contribution in [0, 0.1) is 0 Å². The lowest BCUT2D eigenvalue weighted by Crippen LogP contribution is -2.38. The summed E-state index contributed by atoms with van der Waals surface area (Å²) in [6, 6.07) is 17.8. The van der Waals surface area contributed by atoms with Crippen molar-refractivity contribution in [2.75, 3.05) is 13.1 Å². The number of guanidine groups is 1. The van der Waals surface area contributed by atoms with Gasteiger partial charge in [-0.25, -0.2) is 4.99 Å². The van der Waals surface area contributed by atoms with Gasteiger partial charge in [-0.15, -0.1) is 0 Å². The first-order chi connectivity index (χ1) is 12.8. The van der Waals surface area contributed by atoms with Gasteiger partial charge in [0.05, 0.1) is 6.54 Å². The number of aromatic nitrogens is 1. The molecule has 0 aliphatic rings. The number of rotatable bonds is 7. The average molecular weight is 350 g/mol. The fraction of sp³-hybridized carbons (Fsp3) is 0.286. The van der Waals surface area contributed by atoms with Crippen LogP contribution in [0.25, 0.3) is 10.9 Å². The highest BCUT2D eigenvalue weighted by Gasteiger charge is 2.01. The van der Waals surface area contributed by atoms with E-state index in [0.717, 1.165) is 37.6 Å². The van der Waals surface area contributed by atoms with E-state index < -0.39 is 0 Å². The highest BCUT2D eigenvalue weighted by Crippen LogP contribution is 2.15. The molecule has 5 heteroatoms. The van der Waals surface area contributed by atoms with Crippen molar-refractivity contribution in [3.8, 4) is 5.75 Å². The summed E-state index contributed by atoms with van der Waals surface area (Å²) >= 11 is 0. The van der Waals surface area contributed by atoms with Gasteiger partial charge in [-0.05, 0) is 48.6 Å². The molecule has 2 aromatic carbocycles. The van der Waals surface area contributed by atoms with Gasteiger partial charge in [-0.2, -0.15) is 0 Å². The van der Waals surface area contributed by atoms with Crippen LogP contribution in [0.2, 0.25) is 0 Å². The molecule has 0 fully saturated rings. The fourth-order valence-electron chi connectivity index (χ4n) is 2.96. The molecular weight excluding hydrogens is 324 g/mol. The maximum atomic E-state index is 9.54. The number of benzene rings is 2. The first-order valence-corrected chi connectivity index (χ1v) is 9.10. The molecule has 0 saturated carbocycles. The summed E-state index contributed by atoms with van der Waals surface area (Å²) in [5.41, 5.74) is 2.26. The number of aliphatic imine (C=N–C) groups is 1. The zero-order valence-electron chi connectivity index (χ0n) is 15.2. The van der Waals surface area contributed by atoms with Crippen LogP contribution in [0.5, 0.6) is 5.75 Å². The lowest BCUT2D eigenvalue weighted by atomic mass is 10.2. The molecule has 1 aromatic heterocycles. The lowest BCUT2D eigenvalue weighted by molar-refractivity contribution is 0.474. The number of aromatic hydroxyl groups is 1. The van der Waals surface area contributed by atoms with Gasteiger partial charge in [0.2, 0.25) is 0 Å². The third-order valence-corrected chi connectivity index (χ3v) is 4.22. The molecule has 3 rings (SSSR count). The Labute approximate surface area is 154 Å². The molecule has 26 heavy (non-hydrogen) atoms. The Morgan fingerprint density at radius 2 is 1.96 bits per heavy atom. The van der Waals surface area contributed by atoms with E-state index in [1.165, 1.54) is 10.9 Å². The average Bonchev–Trinajstić information content (AvgIpc) is 3.06. The van der Waals surface area contributed by atoms with Crippen LogP contribution in [0.1, 0.15) is 18.9 Å². The number of aryl methyl sites for hydroxylation is 1. The van der Waals surface area contributed by atoms with Crippen LogP contribution in [-0.4, -0.2) is 28.7 Å². The second kappa shape index (κ2) is 8.94. The molecule has 3 N–H and O–H groups in total. The largest absolute Gasteiger partial charge is 0.508 e. The molecule has 0 atom stereocenters. The van der Waals surface area contributed by atoms with Crippen LogP contribution in [0.3, 0.4) is 0 Å². The number of nitrogens with zero attached hydrogens (tertiary/aromatic N) is 2. The van der Waals surface area contributed by atoms with Crippen LogP contribution >= 0.6 is 0 Å². The van der Waals surface area contributed by atoms with Gasteiger partial charge in [-0.1, -0.05) is 30.3 Å². The van der Waals surface area contributed by atoms with E-state index in [4.69, 9.17) is 0 Å². The number of para-hydroxylation sites is 1. The molecule has 0 amide bonds. The zero-order valence-corrected chi connectivity index (χ0v) is 15.2. The Morgan fingerprint density at radius 3 is 2.81 bits per heavy atom. The van der Waals surface area contributed by atoms with Crippen LogP contribution in [0.4, 0.5) is 0 Å². The van der Waals surface area contributed by atoms with Crippen molar-refractivity contribution in [3.05, 3.63) is 66.4 Å². The van der Waals surface area contributed by atoms with Crippen LogP contribution in [-0.2, 0) is 13.1 Å². The molecule has 136 valence electrons. The number of nitrogens with one attached hydrogen (secondary N) is 2. The Kier molecular flexibility index (Phi) is 6.14. The number of phenols is 1. The van der Waals surface area contributed by atoms with E-state index in [0.29, 0.717) is 6.54 Å². The second-order valence-corrected chi connectivity index (χ2v) is 6.21. The topological polar surface area (TPSA) is 61.6 Å². The summed E-state index contributed by atoms with van der Waals surface area (Å²) in [7, 11) is 0. The van der Waals surface area contributed by atoms with E-state index in [9.17, 15) is 5.11 Å². The summed E-state index contributed by atoms with van der Waals surface area (Å²) in [6.45, 7) is 5.21. The standard InChI is InChI=1S/C21H26N4O/c1-2-22-21(24-16-17-7-5-9-19(26)15-17)23-12-6-13-25-14-11-18-8-3-4-10-20(18)25/h3-5,7-11,14-15,26H,2,6,12-13,16H2,1H3,(H2,22,23,24). The predicted molar refractivity (Wildman–Crippen MR) is 107 cm³/mol. The van der Waals surface area contributed by atoms with Crippen molar-refractivity contribution >= 4 is 16.9 Å². The first kappa shape index (κ1) is 17.9. The van der Waals surface area contributed by atoms with Gasteiger partial charge in [0.1, 0.15) is 5.75 Å². The van der Waals surface area contributed by atoms with Gasteiger partial charge < -0.3 is 20.3 Å². The normalized spacial score (nSPS) is 11.7. The van der Waals surface area contributed by atoms with Crippen molar-refractivity contribution < 1.29 is 5.11 Å². The fourth-order valence-corrected chi connectivity index (χ4v) is 2.96. The molecule has 1 heterocycles. The van der Waals surface area contributed by atoms with Gasteiger partial charge in [0.15, 0.2) is 5.96 Å². The highest BCUT2D eigenvalue weighted by atomic mass is 16.3. The molecule has 0 spiro atoms. The zero-order chi connectivity index (χ0) is 18.2. The molecule has 0 aliphatic heterocycles. The summed E-state index contributed by atoms with van der Waals surface area (Å²) in [4.78, 5) is 4.59. The molecular formula is C21H26N4O. The maximum Gasteiger partial charge on any atom is 0.191 e. The van der Waals surface area contributed by atoms with Gasteiger partial charge >= 0.3 is 0 Å². The van der Waals surface area contributed by atoms with Gasteiger partial charge in [-0.3, -0.25) is 0 Å². The van der Waals surface area contributed by atoms with Crippen LogP contribution in [0.15, 0.2) is 65.8 Å². The molecule has 3 aromatic rings. The monoisotopic (exact) mass is 350 g/mol. The van der Waals surface area contributed by atoms with Crippen molar-refractivity contribution in [1.29, 1.82) is 0 Å². The Morgan fingerprint density at radius 1 is 1.08 bits per heavy atom. The minimum atomic E-state index is 0.273. The van der Waals surface area contributed by atoms with Crippen molar-refractivity contribution in [2.24, 2.45) is 4.99 Å². The molecule has 5 nitrogen and oxygen atoms in total. The summed E-state index contributed by atoms with van der Waals surface area (Å²) in [5, 5.41) is 17.5. The Bertz CT molecular complexity index is 869. The van der Waals surface area contributed by atoms with Crippen LogP contribution < -0.4 is 10.6 Å². The van der Waals surface area contributed by atoms with E-state index in [-0.39, 0.29) is 5.75 Å². The van der Waals surface area contributed by atoms with E-state index in [1.54, 1.807) is 12.1 Å². The van der Waals surface area contributed by atoms with Crippen molar-refractivity contribution in [3.63, 3.8) is 0 Å². The number of hydrogen-bond acceptors (Lipinski definition) is 2. The van der Waals surface area contributed by atoms with Gasteiger partial charge in [0, 0.05) is 31.3 Å². The maximum absolute atomic E-state index is 9.54. The number of fused-ring (bicyclic) bond motifs is 1. The second-order valence-electron chi connectivity index (χ2n) is 6.21. The molecule has 0 aliphatic carbocycles. The smallest absolute Gasteiger partial charge is 0.191 e. The van der Waals surface area contributed by atoms with Gasteiger partial charge in [0.25, 0.3) is 0 Å². The summed E-state index contributed by atoms with van der Waals surface area (Å²) < 4.78 is 2.29. The van der Waals surface area contributed by atoms with Crippen molar-refractivity contribution in [1.82, 2.24) is 15.2 Å². The molecule has 0 bridgehead atoms. The van der Waals surface area contributed by atoms with E-state index in [1.807, 2.05) is 12.1 Å². The Hall–Kier alpha value is -2.95. The minimum absolute atomic E-state index is 0.273.